The van der Waals surface area contributed by atoms with Gasteiger partial charge in [-0.15, -0.1) is 0 Å². The highest BCUT2D eigenvalue weighted by Gasteiger charge is 2.19. The van der Waals surface area contributed by atoms with Gasteiger partial charge in [-0.05, 0) is 24.3 Å². The Kier molecular flexibility index (Phi) is 7.63. The number of aromatic nitrogens is 1. The van der Waals surface area contributed by atoms with E-state index in [2.05, 4.69) is 10.3 Å². The molecule has 0 atom stereocenters. The third kappa shape index (κ3) is 5.97. The molecule has 142 valence electrons. The van der Waals surface area contributed by atoms with Crippen LogP contribution in [0.3, 0.4) is 0 Å². The van der Waals surface area contributed by atoms with Crippen molar-refractivity contribution in [2.24, 2.45) is 0 Å². The maximum atomic E-state index is 12.4. The molecule has 0 aliphatic rings. The summed E-state index contributed by atoms with van der Waals surface area (Å²) in [5, 5.41) is 3.37. The standard InChI is InChI=1S/C18H18ClN3O4S/c1-20-15(23)10-22(2)16(24)11-26-18(25)12-6-5-9-21-17(12)27-14-8-4-3-7-13(14)19/h3-9H,10-11H2,1-2H3,(H,20,23). The molecule has 2 aromatic rings. The minimum Gasteiger partial charge on any atom is -0.452 e. The predicted molar refractivity (Wildman–Crippen MR) is 102 cm³/mol. The van der Waals surface area contributed by atoms with Gasteiger partial charge in [-0.2, -0.15) is 0 Å². The number of nitrogens with zero attached hydrogens (tertiary/aromatic N) is 2. The predicted octanol–water partition coefficient (Wildman–Crippen LogP) is 2.25. The largest absolute Gasteiger partial charge is 0.452 e. The SMILES string of the molecule is CNC(=O)CN(C)C(=O)COC(=O)c1cccnc1Sc1ccccc1Cl. The van der Waals surface area contributed by atoms with Crippen molar-refractivity contribution in [2.45, 2.75) is 9.92 Å². The zero-order valence-electron chi connectivity index (χ0n) is 14.8. The Morgan fingerprint density at radius 1 is 1.22 bits per heavy atom. The maximum absolute atomic E-state index is 12.4. The van der Waals surface area contributed by atoms with Gasteiger partial charge in [0.05, 0.1) is 17.1 Å². The Labute approximate surface area is 166 Å². The lowest BCUT2D eigenvalue weighted by molar-refractivity contribution is -0.137. The first-order valence-electron chi connectivity index (χ1n) is 7.91. The van der Waals surface area contributed by atoms with Crippen LogP contribution in [0, 0.1) is 0 Å². The van der Waals surface area contributed by atoms with Gasteiger partial charge < -0.3 is 15.0 Å². The van der Waals surface area contributed by atoms with Gasteiger partial charge in [0, 0.05) is 25.2 Å². The number of nitrogens with one attached hydrogen (secondary N) is 1. The van der Waals surface area contributed by atoms with Gasteiger partial charge in [-0.1, -0.05) is 35.5 Å². The quantitative estimate of drug-likeness (QED) is 0.708. The summed E-state index contributed by atoms with van der Waals surface area (Å²) in [6.45, 7) is -0.592. The van der Waals surface area contributed by atoms with E-state index in [0.717, 1.165) is 4.90 Å². The highest BCUT2D eigenvalue weighted by atomic mass is 35.5. The Morgan fingerprint density at radius 3 is 2.67 bits per heavy atom. The van der Waals surface area contributed by atoms with Crippen molar-refractivity contribution in [1.82, 2.24) is 15.2 Å². The van der Waals surface area contributed by atoms with Crippen LogP contribution in [0.4, 0.5) is 0 Å². The molecule has 9 heteroatoms. The summed E-state index contributed by atoms with van der Waals surface area (Å²) in [6.07, 6.45) is 1.55. The normalized spacial score (nSPS) is 10.2. The molecule has 0 fully saturated rings. The number of carbonyl (C=O) groups excluding carboxylic acids is 3. The van der Waals surface area contributed by atoms with E-state index >= 15 is 0 Å². The molecule has 1 aromatic heterocycles. The van der Waals surface area contributed by atoms with Gasteiger partial charge in [-0.3, -0.25) is 9.59 Å². The number of halogens is 1. The molecule has 0 spiro atoms. The van der Waals surface area contributed by atoms with E-state index in [1.54, 1.807) is 30.5 Å². The van der Waals surface area contributed by atoms with E-state index in [-0.39, 0.29) is 18.0 Å². The molecule has 0 unspecified atom stereocenters. The summed E-state index contributed by atoms with van der Waals surface area (Å²) >= 11 is 7.38. The Morgan fingerprint density at radius 2 is 1.96 bits per heavy atom. The summed E-state index contributed by atoms with van der Waals surface area (Å²) in [5.41, 5.74) is 0.226. The zero-order valence-corrected chi connectivity index (χ0v) is 16.3. The maximum Gasteiger partial charge on any atom is 0.341 e. The first kappa shape index (κ1) is 20.7. The van der Waals surface area contributed by atoms with E-state index in [0.29, 0.717) is 10.0 Å². The molecule has 0 radical (unpaired) electrons. The molecule has 0 saturated carbocycles. The smallest absolute Gasteiger partial charge is 0.341 e. The van der Waals surface area contributed by atoms with Crippen LogP contribution in [0.1, 0.15) is 10.4 Å². The average molecular weight is 408 g/mol. The number of rotatable bonds is 7. The fourth-order valence-corrected chi connectivity index (χ4v) is 3.10. The molecule has 0 aliphatic heterocycles. The Balaban J connectivity index is 2.04. The number of amides is 2. The fourth-order valence-electron chi connectivity index (χ4n) is 1.96. The summed E-state index contributed by atoms with van der Waals surface area (Å²) in [5.74, 6) is -1.49. The third-order valence-corrected chi connectivity index (χ3v) is 4.98. The molecular weight excluding hydrogens is 390 g/mol. The van der Waals surface area contributed by atoms with Crippen molar-refractivity contribution < 1.29 is 19.1 Å². The van der Waals surface area contributed by atoms with E-state index in [4.69, 9.17) is 16.3 Å². The molecule has 1 N–H and O–H groups in total. The second kappa shape index (κ2) is 9.94. The number of pyridine rings is 1. The molecule has 2 amide bonds. The van der Waals surface area contributed by atoms with Gasteiger partial charge in [-0.25, -0.2) is 9.78 Å². The summed E-state index contributed by atoms with van der Waals surface area (Å²) in [7, 11) is 2.93. The van der Waals surface area contributed by atoms with E-state index in [1.165, 1.54) is 30.8 Å². The Bertz CT molecular complexity index is 847. The summed E-state index contributed by atoms with van der Waals surface area (Å²) < 4.78 is 5.09. The molecule has 0 aliphatic carbocycles. The molecular formula is C18H18ClN3O4S. The van der Waals surface area contributed by atoms with Crippen LogP contribution in [-0.2, 0) is 14.3 Å². The Hall–Kier alpha value is -2.58. The van der Waals surface area contributed by atoms with Gasteiger partial charge in [0.1, 0.15) is 5.03 Å². The van der Waals surface area contributed by atoms with Gasteiger partial charge in [0.15, 0.2) is 6.61 Å². The lowest BCUT2D eigenvalue weighted by Crippen LogP contribution is -2.39. The van der Waals surface area contributed by atoms with Crippen molar-refractivity contribution >= 4 is 41.1 Å². The number of hydrogen-bond acceptors (Lipinski definition) is 6. The number of ether oxygens (including phenoxy) is 1. The molecule has 1 heterocycles. The average Bonchev–Trinajstić information content (AvgIpc) is 2.67. The molecule has 0 bridgehead atoms. The first-order valence-corrected chi connectivity index (χ1v) is 9.11. The van der Waals surface area contributed by atoms with Crippen molar-refractivity contribution in [3.8, 4) is 0 Å². The van der Waals surface area contributed by atoms with Crippen LogP contribution in [0.5, 0.6) is 0 Å². The number of carbonyl (C=O) groups is 3. The zero-order chi connectivity index (χ0) is 19.8. The van der Waals surface area contributed by atoms with Gasteiger partial charge in [0.2, 0.25) is 5.91 Å². The topological polar surface area (TPSA) is 88.6 Å². The lowest BCUT2D eigenvalue weighted by atomic mass is 10.3. The van der Waals surface area contributed by atoms with Crippen molar-refractivity contribution in [3.05, 3.63) is 53.2 Å². The van der Waals surface area contributed by atoms with Gasteiger partial charge in [0.25, 0.3) is 5.91 Å². The van der Waals surface area contributed by atoms with Crippen molar-refractivity contribution in [2.75, 3.05) is 27.2 Å². The molecule has 0 saturated heterocycles. The van der Waals surface area contributed by atoms with Crippen LogP contribution in [0.25, 0.3) is 0 Å². The van der Waals surface area contributed by atoms with Gasteiger partial charge >= 0.3 is 5.97 Å². The monoisotopic (exact) mass is 407 g/mol. The number of hydrogen-bond donors (Lipinski definition) is 1. The van der Waals surface area contributed by atoms with Crippen molar-refractivity contribution in [3.63, 3.8) is 0 Å². The lowest BCUT2D eigenvalue weighted by Gasteiger charge is -2.16. The van der Waals surface area contributed by atoms with E-state index < -0.39 is 18.5 Å². The fraction of sp³-hybridized carbons (Fsp3) is 0.222. The molecule has 27 heavy (non-hydrogen) atoms. The first-order chi connectivity index (χ1) is 12.9. The molecule has 2 rings (SSSR count). The molecule has 7 nitrogen and oxygen atoms in total. The number of likely N-dealkylation sites (N-methyl/N-ethyl adjacent to an activating group) is 2. The van der Waals surface area contributed by atoms with Crippen molar-refractivity contribution in [1.29, 1.82) is 0 Å². The minimum atomic E-state index is -0.681. The number of esters is 1. The highest BCUT2D eigenvalue weighted by Crippen LogP contribution is 2.33. The second-order valence-electron chi connectivity index (χ2n) is 5.39. The van der Waals surface area contributed by atoms with Crippen LogP contribution in [0.15, 0.2) is 52.5 Å². The van der Waals surface area contributed by atoms with Crippen LogP contribution < -0.4 is 5.32 Å². The molecule has 1 aromatic carbocycles. The highest BCUT2D eigenvalue weighted by molar-refractivity contribution is 7.99. The number of benzene rings is 1. The van der Waals surface area contributed by atoms with Crippen LogP contribution in [-0.4, -0.2) is 54.9 Å². The summed E-state index contributed by atoms with van der Waals surface area (Å²) in [6, 6.07) is 10.4. The second-order valence-corrected chi connectivity index (χ2v) is 6.83. The van der Waals surface area contributed by atoms with Crippen LogP contribution in [0.2, 0.25) is 5.02 Å². The minimum absolute atomic E-state index is 0.118. The third-order valence-electron chi connectivity index (χ3n) is 3.45. The van der Waals surface area contributed by atoms with E-state index in [9.17, 15) is 14.4 Å². The van der Waals surface area contributed by atoms with Crippen LogP contribution >= 0.6 is 23.4 Å². The summed E-state index contributed by atoms with van der Waals surface area (Å²) in [4.78, 5) is 41.8. The van der Waals surface area contributed by atoms with E-state index in [1.807, 2.05) is 12.1 Å².